The molecule has 3 unspecified atom stereocenters. The minimum Gasteiger partial charge on any atom is -0.341 e. The molecular weight excluding hydrogens is 284 g/mol. The molecular formula is C17H23ClN2O. The van der Waals surface area contributed by atoms with Crippen molar-refractivity contribution in [1.82, 2.24) is 4.90 Å². The van der Waals surface area contributed by atoms with Crippen molar-refractivity contribution in [3.05, 3.63) is 35.9 Å². The normalized spacial score (nSPS) is 32.4. The second-order valence-electron chi connectivity index (χ2n) is 6.82. The summed E-state index contributed by atoms with van der Waals surface area (Å²) in [6.07, 6.45) is 4.36. The first-order chi connectivity index (χ1) is 9.71. The van der Waals surface area contributed by atoms with Crippen LogP contribution in [-0.2, 0) is 10.2 Å². The average Bonchev–Trinajstić information content (AvgIpc) is 3.07. The summed E-state index contributed by atoms with van der Waals surface area (Å²) in [5.41, 5.74) is 7.18. The molecule has 3 atom stereocenters. The van der Waals surface area contributed by atoms with Gasteiger partial charge in [0.05, 0.1) is 5.41 Å². The summed E-state index contributed by atoms with van der Waals surface area (Å²) in [5.74, 6) is 1.55. The smallest absolute Gasteiger partial charge is 0.233 e. The summed E-state index contributed by atoms with van der Waals surface area (Å²) in [7, 11) is 0. The molecule has 1 aromatic carbocycles. The van der Waals surface area contributed by atoms with E-state index in [1.165, 1.54) is 12.0 Å². The number of nitrogens with two attached hydrogens (primary N) is 1. The number of fused-ring (bicyclic) bond motifs is 1. The number of nitrogens with zero attached hydrogens (tertiary/aromatic N) is 1. The lowest BCUT2D eigenvalue weighted by molar-refractivity contribution is -0.133. The van der Waals surface area contributed by atoms with Crippen LogP contribution in [0.15, 0.2) is 30.3 Å². The first kappa shape index (κ1) is 14.9. The van der Waals surface area contributed by atoms with Crippen molar-refractivity contribution in [3.63, 3.8) is 0 Å². The van der Waals surface area contributed by atoms with E-state index in [1.54, 1.807) is 0 Å². The van der Waals surface area contributed by atoms with Crippen molar-refractivity contribution in [3.8, 4) is 0 Å². The SMILES string of the molecule is Cl.NC1CCC2CN(C(=O)C3(c4ccccc4)CC3)CC12. The van der Waals surface area contributed by atoms with Crippen LogP contribution in [0.2, 0.25) is 0 Å². The Bertz CT molecular complexity index is 529. The maximum absolute atomic E-state index is 13.0. The van der Waals surface area contributed by atoms with Crippen LogP contribution in [0.3, 0.4) is 0 Å². The van der Waals surface area contributed by atoms with E-state index in [2.05, 4.69) is 17.0 Å². The Hall–Kier alpha value is -1.06. The summed E-state index contributed by atoms with van der Waals surface area (Å²) in [5, 5.41) is 0. The Morgan fingerprint density at radius 1 is 1.14 bits per heavy atom. The molecule has 2 N–H and O–H groups in total. The van der Waals surface area contributed by atoms with E-state index in [9.17, 15) is 4.79 Å². The standard InChI is InChI=1S/C17H22N2O.ClH/c18-15-7-6-12-10-19(11-14(12)15)16(20)17(8-9-17)13-4-2-1-3-5-13;/h1-5,12,14-15H,6-11,18H2;1H. The van der Waals surface area contributed by atoms with Crippen LogP contribution in [0.25, 0.3) is 0 Å². The Morgan fingerprint density at radius 2 is 1.86 bits per heavy atom. The molecule has 1 saturated heterocycles. The maximum Gasteiger partial charge on any atom is 0.233 e. The molecule has 3 fully saturated rings. The van der Waals surface area contributed by atoms with E-state index in [0.717, 1.165) is 32.4 Å². The monoisotopic (exact) mass is 306 g/mol. The number of amides is 1. The fourth-order valence-electron chi connectivity index (χ4n) is 4.28. The van der Waals surface area contributed by atoms with Crippen molar-refractivity contribution in [2.75, 3.05) is 13.1 Å². The Balaban J connectivity index is 0.00000132. The van der Waals surface area contributed by atoms with Crippen LogP contribution in [-0.4, -0.2) is 29.9 Å². The van der Waals surface area contributed by atoms with Gasteiger partial charge >= 0.3 is 0 Å². The van der Waals surface area contributed by atoms with E-state index < -0.39 is 0 Å². The van der Waals surface area contributed by atoms with Crippen LogP contribution >= 0.6 is 12.4 Å². The van der Waals surface area contributed by atoms with Gasteiger partial charge in [-0.15, -0.1) is 12.4 Å². The Morgan fingerprint density at radius 3 is 2.48 bits per heavy atom. The molecule has 2 saturated carbocycles. The van der Waals surface area contributed by atoms with Gasteiger partial charge in [0.15, 0.2) is 0 Å². The fraction of sp³-hybridized carbons (Fsp3) is 0.588. The van der Waals surface area contributed by atoms with Gasteiger partial charge in [0.25, 0.3) is 0 Å². The van der Waals surface area contributed by atoms with Gasteiger partial charge in [-0.25, -0.2) is 0 Å². The zero-order chi connectivity index (χ0) is 13.7. The molecule has 0 spiro atoms. The highest BCUT2D eigenvalue weighted by molar-refractivity contribution is 5.91. The summed E-state index contributed by atoms with van der Waals surface area (Å²) >= 11 is 0. The lowest BCUT2D eigenvalue weighted by Crippen LogP contribution is -2.39. The number of carbonyl (C=O) groups excluding carboxylic acids is 1. The third-order valence-corrected chi connectivity index (χ3v) is 5.69. The Labute approximate surface area is 132 Å². The molecule has 0 radical (unpaired) electrons. The number of halogens is 1. The van der Waals surface area contributed by atoms with E-state index >= 15 is 0 Å². The molecule has 2 aliphatic carbocycles. The zero-order valence-corrected chi connectivity index (χ0v) is 13.0. The van der Waals surface area contributed by atoms with E-state index in [1.807, 2.05) is 18.2 Å². The quantitative estimate of drug-likeness (QED) is 0.911. The summed E-state index contributed by atoms with van der Waals surface area (Å²) in [4.78, 5) is 15.1. The zero-order valence-electron chi connectivity index (χ0n) is 12.2. The van der Waals surface area contributed by atoms with E-state index in [4.69, 9.17) is 5.73 Å². The maximum atomic E-state index is 13.0. The second-order valence-corrected chi connectivity index (χ2v) is 6.82. The molecule has 3 nitrogen and oxygen atoms in total. The van der Waals surface area contributed by atoms with Gasteiger partial charge in [0.2, 0.25) is 5.91 Å². The average molecular weight is 307 g/mol. The van der Waals surface area contributed by atoms with Crippen LogP contribution in [0, 0.1) is 11.8 Å². The molecule has 4 heteroatoms. The van der Waals surface area contributed by atoms with Crippen LogP contribution in [0.1, 0.15) is 31.2 Å². The number of benzene rings is 1. The van der Waals surface area contributed by atoms with Gasteiger partial charge in [-0.2, -0.15) is 0 Å². The predicted molar refractivity (Wildman–Crippen MR) is 85.4 cm³/mol. The van der Waals surface area contributed by atoms with Gasteiger partial charge in [-0.1, -0.05) is 30.3 Å². The first-order valence-electron chi connectivity index (χ1n) is 7.81. The van der Waals surface area contributed by atoms with Gasteiger partial charge in [0.1, 0.15) is 0 Å². The van der Waals surface area contributed by atoms with Gasteiger partial charge in [0, 0.05) is 19.1 Å². The topological polar surface area (TPSA) is 46.3 Å². The summed E-state index contributed by atoms with van der Waals surface area (Å²) in [6, 6.07) is 10.6. The molecule has 0 aromatic heterocycles. The number of hydrogen-bond acceptors (Lipinski definition) is 2. The Kier molecular flexibility index (Phi) is 3.74. The van der Waals surface area contributed by atoms with Crippen LogP contribution in [0.5, 0.6) is 0 Å². The van der Waals surface area contributed by atoms with Crippen molar-refractivity contribution in [2.45, 2.75) is 37.1 Å². The summed E-state index contributed by atoms with van der Waals surface area (Å²) < 4.78 is 0. The molecule has 114 valence electrons. The van der Waals surface area contributed by atoms with Crippen LogP contribution < -0.4 is 5.73 Å². The largest absolute Gasteiger partial charge is 0.341 e. The first-order valence-corrected chi connectivity index (χ1v) is 7.81. The number of carbonyl (C=O) groups is 1. The number of hydrogen-bond donors (Lipinski definition) is 1. The van der Waals surface area contributed by atoms with Crippen molar-refractivity contribution in [1.29, 1.82) is 0 Å². The number of rotatable bonds is 2. The van der Waals surface area contributed by atoms with E-state index in [0.29, 0.717) is 23.8 Å². The lowest BCUT2D eigenvalue weighted by Gasteiger charge is -2.25. The highest BCUT2D eigenvalue weighted by Gasteiger charge is 2.55. The number of likely N-dealkylation sites (tertiary alicyclic amines) is 1. The summed E-state index contributed by atoms with van der Waals surface area (Å²) in [6.45, 7) is 1.82. The molecule has 1 heterocycles. The van der Waals surface area contributed by atoms with Gasteiger partial charge in [-0.3, -0.25) is 4.79 Å². The molecule has 1 aliphatic heterocycles. The minimum absolute atomic E-state index is 0. The van der Waals surface area contributed by atoms with Crippen molar-refractivity contribution < 1.29 is 4.79 Å². The molecule has 1 aromatic rings. The molecule has 21 heavy (non-hydrogen) atoms. The van der Waals surface area contributed by atoms with Crippen LogP contribution in [0.4, 0.5) is 0 Å². The highest BCUT2D eigenvalue weighted by atomic mass is 35.5. The van der Waals surface area contributed by atoms with Gasteiger partial charge < -0.3 is 10.6 Å². The predicted octanol–water partition coefficient (Wildman–Crippen LogP) is 2.34. The van der Waals surface area contributed by atoms with Crippen molar-refractivity contribution in [2.24, 2.45) is 17.6 Å². The lowest BCUT2D eigenvalue weighted by atomic mass is 9.94. The fourth-order valence-corrected chi connectivity index (χ4v) is 4.28. The third-order valence-electron chi connectivity index (χ3n) is 5.69. The minimum atomic E-state index is -0.204. The molecule has 1 amide bonds. The second kappa shape index (κ2) is 5.29. The molecule has 4 rings (SSSR count). The van der Waals surface area contributed by atoms with Gasteiger partial charge in [-0.05, 0) is 43.1 Å². The third kappa shape index (κ3) is 2.27. The molecule has 3 aliphatic rings. The van der Waals surface area contributed by atoms with Crippen molar-refractivity contribution >= 4 is 18.3 Å². The highest BCUT2D eigenvalue weighted by Crippen LogP contribution is 2.51. The molecule has 0 bridgehead atoms. The van der Waals surface area contributed by atoms with E-state index in [-0.39, 0.29) is 17.8 Å².